The van der Waals surface area contributed by atoms with Gasteiger partial charge in [-0.15, -0.1) is 6.58 Å². The molecule has 0 aromatic rings. The van der Waals surface area contributed by atoms with Gasteiger partial charge in [-0.2, -0.15) is 0 Å². The lowest BCUT2D eigenvalue weighted by atomic mass is 9.83. The Balaban J connectivity index is 3.42. The number of aldehydes is 2. The van der Waals surface area contributed by atoms with Gasteiger partial charge in [-0.25, -0.2) is 0 Å². The van der Waals surface area contributed by atoms with Crippen LogP contribution in [0.25, 0.3) is 0 Å². The molecule has 1 rings (SSSR count). The van der Waals surface area contributed by atoms with Crippen molar-refractivity contribution in [1.82, 2.24) is 50.7 Å². The number of hydrogen-bond acceptors (Lipinski definition) is 17. The van der Waals surface area contributed by atoms with E-state index in [-0.39, 0.29) is 74.0 Å². The number of amides is 9. The molecular weight excluding hydrogens is 1190 g/mol. The second kappa shape index (κ2) is 40.3. The van der Waals surface area contributed by atoms with Gasteiger partial charge in [0.25, 0.3) is 5.91 Å². The van der Waals surface area contributed by atoms with Gasteiger partial charge in [-0.05, 0) is 127 Å². The Labute approximate surface area is 548 Å². The number of aliphatic hydroxyl groups is 3. The molecule has 26 heteroatoms. The molecule has 9 amide bonds. The number of primary amides is 1. The summed E-state index contributed by atoms with van der Waals surface area (Å²) in [5.41, 5.74) is 3.69. The molecule has 15 atom stereocenters. The van der Waals surface area contributed by atoms with Gasteiger partial charge in [0.05, 0.1) is 37.4 Å². The summed E-state index contributed by atoms with van der Waals surface area (Å²) in [7, 11) is 6.89. The molecule has 0 aromatic carbocycles. The van der Waals surface area contributed by atoms with Crippen molar-refractivity contribution in [3.05, 3.63) is 12.7 Å². The zero-order valence-corrected chi connectivity index (χ0v) is 58.9. The van der Waals surface area contributed by atoms with E-state index in [1.165, 1.54) is 71.9 Å². The van der Waals surface area contributed by atoms with Crippen molar-refractivity contribution in [3.8, 4) is 0 Å². The van der Waals surface area contributed by atoms with Crippen LogP contribution in [0.5, 0.6) is 0 Å². The Bertz CT molecular complexity index is 2410. The highest BCUT2D eigenvalue weighted by Crippen LogP contribution is 2.29. The predicted octanol–water partition coefficient (Wildman–Crippen LogP) is 1.84. The van der Waals surface area contributed by atoms with E-state index in [1.54, 1.807) is 20.8 Å². The first-order valence-electron chi connectivity index (χ1n) is 33.0. The minimum absolute atomic E-state index is 0.0152. The molecular formula is C66H119N11O15. The number of nitrogens with zero attached hydrogens (tertiary/aromatic N) is 6. The standard InChI is InChI=1S/C66H119N11O15/c1-21-24-50(60(86)71-66(15,38-80)92-58(42(9)10)65(91)74(18)51(59(67)85)31-40(5)6)68-34-43(11)33-47(36-78)69-61(87)52(32-41(7)8)73(17)54(84)35-72(16)63(89)55(45(13)81)70-62(88)57(49(22-2)44(12)28-30-77-29-23-25-48(77)37-79)76(20)64(90)56(46(14)82)75(19)53(83)27-26-39(3)4/h22,36,38-52,55-58,68,79,81-82H,2,21,23-35,37H2,1,3-20H3,(H2,67,85)(H,69,87)(H,70,88)(H,71,86). The number of ether oxygens (including phenoxy) is 1. The highest BCUT2D eigenvalue weighted by Gasteiger charge is 2.45. The zero-order valence-electron chi connectivity index (χ0n) is 58.9. The minimum Gasteiger partial charge on any atom is -0.395 e. The molecule has 92 heavy (non-hydrogen) atoms. The summed E-state index contributed by atoms with van der Waals surface area (Å²) in [6.45, 7) is 29.2. The monoisotopic (exact) mass is 1310 g/mol. The number of hydrogen-bond donors (Lipinski definition) is 8. The number of rotatable bonds is 44. The van der Waals surface area contributed by atoms with Gasteiger partial charge in [0.15, 0.2) is 12.0 Å². The molecule has 0 saturated carbocycles. The van der Waals surface area contributed by atoms with Crippen molar-refractivity contribution < 1.29 is 72.8 Å². The Hall–Kier alpha value is -5.93. The van der Waals surface area contributed by atoms with Crippen LogP contribution in [-0.2, 0) is 57.5 Å². The van der Waals surface area contributed by atoms with Crippen LogP contribution in [0.4, 0.5) is 0 Å². The smallest absolute Gasteiger partial charge is 0.252 e. The van der Waals surface area contributed by atoms with E-state index in [1.807, 2.05) is 55.4 Å². The van der Waals surface area contributed by atoms with Crippen LogP contribution in [-0.4, -0.2) is 251 Å². The summed E-state index contributed by atoms with van der Waals surface area (Å²) < 4.78 is 6.07. The molecule has 1 saturated heterocycles. The van der Waals surface area contributed by atoms with E-state index in [9.17, 15) is 68.1 Å². The van der Waals surface area contributed by atoms with Crippen molar-refractivity contribution in [2.75, 3.05) is 68.0 Å². The number of carbonyl (C=O) groups excluding carboxylic acids is 11. The van der Waals surface area contributed by atoms with Crippen LogP contribution in [0.1, 0.15) is 161 Å². The lowest BCUT2D eigenvalue weighted by molar-refractivity contribution is -0.173. The van der Waals surface area contributed by atoms with Crippen LogP contribution in [0.3, 0.4) is 0 Å². The average molecular weight is 1310 g/mol. The van der Waals surface area contributed by atoms with Crippen LogP contribution >= 0.6 is 0 Å². The average Bonchev–Trinajstić information content (AvgIpc) is 0.902. The minimum atomic E-state index is -1.97. The molecule has 1 fully saturated rings. The Kier molecular flexibility index (Phi) is 36.9. The Morgan fingerprint density at radius 2 is 1.30 bits per heavy atom. The summed E-state index contributed by atoms with van der Waals surface area (Å²) in [4.78, 5) is 159. The molecule has 0 radical (unpaired) electrons. The quantitative estimate of drug-likeness (QED) is 0.0245. The van der Waals surface area contributed by atoms with Gasteiger partial charge in [-0.1, -0.05) is 88.7 Å². The van der Waals surface area contributed by atoms with Gasteiger partial charge in [0.1, 0.15) is 42.6 Å². The topological polar surface area (TPSA) is 351 Å². The molecule has 0 spiro atoms. The Morgan fingerprint density at radius 1 is 0.707 bits per heavy atom. The van der Waals surface area contributed by atoms with Crippen molar-refractivity contribution in [2.45, 2.75) is 234 Å². The fourth-order valence-electron chi connectivity index (χ4n) is 11.7. The van der Waals surface area contributed by atoms with Crippen LogP contribution in [0.15, 0.2) is 12.7 Å². The first-order valence-corrected chi connectivity index (χ1v) is 33.0. The predicted molar refractivity (Wildman–Crippen MR) is 351 cm³/mol. The molecule has 1 aliphatic rings. The van der Waals surface area contributed by atoms with Gasteiger partial charge in [0, 0.05) is 53.6 Å². The van der Waals surface area contributed by atoms with Crippen molar-refractivity contribution >= 4 is 65.7 Å². The first kappa shape index (κ1) is 84.1. The van der Waals surface area contributed by atoms with Gasteiger partial charge in [0.2, 0.25) is 47.3 Å². The third-order valence-electron chi connectivity index (χ3n) is 17.4. The van der Waals surface area contributed by atoms with E-state index >= 15 is 0 Å². The molecule has 1 heterocycles. The number of carbonyl (C=O) groups is 11. The van der Waals surface area contributed by atoms with Crippen LogP contribution in [0.2, 0.25) is 0 Å². The molecule has 26 nitrogen and oxygen atoms in total. The van der Waals surface area contributed by atoms with Gasteiger partial charge < -0.3 is 76.4 Å². The number of nitrogens with two attached hydrogens (primary N) is 1. The molecule has 15 unspecified atom stereocenters. The molecule has 0 aliphatic carbocycles. The third-order valence-corrected chi connectivity index (χ3v) is 17.4. The molecule has 1 aliphatic heterocycles. The van der Waals surface area contributed by atoms with E-state index in [2.05, 4.69) is 32.7 Å². The number of likely N-dealkylation sites (N-methyl/N-ethyl adjacent to an activating group) is 5. The Morgan fingerprint density at radius 3 is 1.79 bits per heavy atom. The van der Waals surface area contributed by atoms with Crippen molar-refractivity contribution in [1.29, 1.82) is 0 Å². The maximum atomic E-state index is 14.9. The lowest BCUT2D eigenvalue weighted by Gasteiger charge is -2.40. The van der Waals surface area contributed by atoms with Gasteiger partial charge >= 0.3 is 0 Å². The highest BCUT2D eigenvalue weighted by atomic mass is 16.5. The fourth-order valence-corrected chi connectivity index (χ4v) is 11.7. The molecule has 0 bridgehead atoms. The number of aliphatic hydroxyl groups excluding tert-OH is 3. The summed E-state index contributed by atoms with van der Waals surface area (Å²) in [6.07, 6.45) is 2.58. The molecule has 9 N–H and O–H groups in total. The summed E-state index contributed by atoms with van der Waals surface area (Å²) in [5.74, 6) is -8.09. The van der Waals surface area contributed by atoms with Crippen molar-refractivity contribution in [2.24, 2.45) is 47.2 Å². The van der Waals surface area contributed by atoms with E-state index in [0.717, 1.165) is 34.1 Å². The van der Waals surface area contributed by atoms with Crippen LogP contribution < -0.4 is 27.0 Å². The van der Waals surface area contributed by atoms with Crippen LogP contribution in [0, 0.1) is 41.4 Å². The van der Waals surface area contributed by atoms with E-state index in [0.29, 0.717) is 51.2 Å². The maximum Gasteiger partial charge on any atom is 0.252 e. The second-order valence-electron chi connectivity index (χ2n) is 27.5. The normalized spacial score (nSPS) is 18.5. The number of nitrogens with one attached hydrogen (secondary N) is 4. The highest BCUT2D eigenvalue weighted by molar-refractivity contribution is 5.96. The summed E-state index contributed by atoms with van der Waals surface area (Å²) in [6, 6.07) is -8.52. The third kappa shape index (κ3) is 26.1. The SMILES string of the molecule is C=CC(C(C)CCN1CCCC1CO)C(C(=O)NC(C(=O)N(C)CC(=O)N(C)C(CC(C)C)C(=O)NC(C=O)CC(C)CNC(CCC)C(=O)NC(C)(C=O)OC(C(=O)N(C)C(CC(C)C)C(N)=O)C(C)C)C(C)O)N(C)C(=O)C(C(C)O)N(C)C(=O)CCC(C)C. The number of likely N-dealkylation sites (tertiary alicyclic amines) is 1. The fraction of sp³-hybridized carbons (Fsp3) is 0.803. The molecule has 528 valence electrons. The first-order chi connectivity index (χ1) is 42.8. The molecule has 0 aromatic heterocycles. The second-order valence-corrected chi connectivity index (χ2v) is 27.5. The van der Waals surface area contributed by atoms with E-state index in [4.69, 9.17) is 10.5 Å². The summed E-state index contributed by atoms with van der Waals surface area (Å²) in [5, 5.41) is 43.5. The largest absolute Gasteiger partial charge is 0.395 e. The van der Waals surface area contributed by atoms with Crippen molar-refractivity contribution in [3.63, 3.8) is 0 Å². The lowest BCUT2D eigenvalue weighted by Crippen LogP contribution is -2.63. The van der Waals surface area contributed by atoms with E-state index < -0.39 is 132 Å². The van der Waals surface area contributed by atoms with Gasteiger partial charge in [-0.3, -0.25) is 52.8 Å². The maximum absolute atomic E-state index is 14.9. The summed E-state index contributed by atoms with van der Waals surface area (Å²) >= 11 is 0. The zero-order chi connectivity index (χ0) is 70.8.